The zero-order valence-electron chi connectivity index (χ0n) is 21.2. The van der Waals surface area contributed by atoms with E-state index in [1.165, 1.54) is 105 Å². The van der Waals surface area contributed by atoms with Crippen LogP contribution in [0.2, 0.25) is 0 Å². The molecule has 0 atom stereocenters. The van der Waals surface area contributed by atoms with E-state index < -0.39 is 7.38 Å². The summed E-state index contributed by atoms with van der Waals surface area (Å²) >= 11 is 7.54. The molecular weight excluding hydrogens is 448 g/mol. The van der Waals surface area contributed by atoms with E-state index in [0.29, 0.717) is 0 Å². The second kappa shape index (κ2) is 15.2. The first-order chi connectivity index (χ1) is 16.7. The summed E-state index contributed by atoms with van der Waals surface area (Å²) in [6.45, 7) is 2.29. The molecule has 0 saturated carbocycles. The predicted molar refractivity (Wildman–Crippen MR) is 155 cm³/mol. The molecule has 182 valence electrons. The third-order valence-corrected chi connectivity index (χ3v) is 12.4. The Kier molecular flexibility index (Phi) is 12.0. The lowest BCUT2D eigenvalue weighted by molar-refractivity contribution is 0.544. The van der Waals surface area contributed by atoms with Crippen molar-refractivity contribution in [3.8, 4) is 0 Å². The van der Waals surface area contributed by atoms with Crippen LogP contribution in [0.15, 0.2) is 84.9 Å². The molecule has 0 radical (unpaired) electrons. The zero-order chi connectivity index (χ0) is 23.9. The van der Waals surface area contributed by atoms with Gasteiger partial charge in [0.15, 0.2) is 0 Å². The molecule has 2 heteroatoms. The van der Waals surface area contributed by atoms with E-state index in [-0.39, 0.29) is 0 Å². The van der Waals surface area contributed by atoms with Crippen molar-refractivity contribution in [3.63, 3.8) is 0 Å². The highest BCUT2D eigenvalue weighted by Gasteiger charge is 2.37. The number of hydrogen-bond acceptors (Lipinski definition) is 0. The molecule has 0 nitrogen and oxygen atoms in total. The third-order valence-electron chi connectivity index (χ3n) is 7.01. The van der Waals surface area contributed by atoms with Gasteiger partial charge in [0.2, 0.25) is 7.38 Å². The summed E-state index contributed by atoms with van der Waals surface area (Å²) in [5.41, 5.74) is 1.44. The van der Waals surface area contributed by atoms with Crippen LogP contribution < -0.4 is 15.6 Å². The van der Waals surface area contributed by atoms with Crippen LogP contribution in [-0.2, 0) is 6.42 Å². The number of benzene rings is 3. The Hall–Kier alpha value is -1.83. The van der Waals surface area contributed by atoms with E-state index in [1.807, 2.05) is 0 Å². The van der Waals surface area contributed by atoms with Gasteiger partial charge in [-0.15, -0.1) is 11.1 Å². The topological polar surface area (TPSA) is 0 Å². The number of aryl methyl sites for hydroxylation is 1. The molecule has 0 saturated heterocycles. The van der Waals surface area contributed by atoms with Crippen LogP contribution in [-0.4, -0.2) is 7.38 Å². The Bertz CT molecular complexity index is 865. The van der Waals surface area contributed by atoms with Crippen LogP contribution in [0.1, 0.15) is 89.5 Å². The smallest absolute Gasteiger partial charge is 0.149 e. The Labute approximate surface area is 214 Å². The fourth-order valence-electron chi connectivity index (χ4n) is 4.91. The molecule has 0 aliphatic rings. The van der Waals surface area contributed by atoms with Gasteiger partial charge in [-0.3, -0.25) is 0 Å². The minimum atomic E-state index is -2.50. The summed E-state index contributed by atoms with van der Waals surface area (Å²) in [5, 5.41) is 3.76. The van der Waals surface area contributed by atoms with Crippen molar-refractivity contribution in [2.45, 2.75) is 90.4 Å². The largest absolute Gasteiger partial charge is 0.247 e. The fourth-order valence-corrected chi connectivity index (χ4v) is 8.97. The number of hydrogen-bond donors (Lipinski definition) is 0. The van der Waals surface area contributed by atoms with Gasteiger partial charge in [0.1, 0.15) is 0 Å². The van der Waals surface area contributed by atoms with Gasteiger partial charge in [0, 0.05) is 0 Å². The summed E-state index contributed by atoms with van der Waals surface area (Å²) < 4.78 is 0. The van der Waals surface area contributed by atoms with E-state index in [0.717, 1.165) is 0 Å². The molecule has 0 heterocycles. The molecule has 0 N–H and O–H groups in total. The Morgan fingerprint density at radius 3 is 1.29 bits per heavy atom. The molecule has 0 aromatic heterocycles. The van der Waals surface area contributed by atoms with Gasteiger partial charge in [-0.2, -0.15) is 0 Å². The first-order valence-corrected chi connectivity index (χ1v) is 16.7. The van der Waals surface area contributed by atoms with Crippen LogP contribution >= 0.6 is 11.1 Å². The zero-order valence-corrected chi connectivity index (χ0v) is 22.9. The second-order valence-electron chi connectivity index (χ2n) is 9.73. The molecule has 0 fully saturated rings. The predicted octanol–water partition coefficient (Wildman–Crippen LogP) is 8.14. The lowest BCUT2D eigenvalue weighted by Gasteiger charge is -2.26. The third kappa shape index (κ3) is 8.13. The maximum Gasteiger partial charge on any atom is 0.247 e. The molecule has 0 unspecified atom stereocenters. The van der Waals surface area contributed by atoms with Crippen molar-refractivity contribution >= 4 is 34.0 Å². The highest BCUT2D eigenvalue weighted by molar-refractivity contribution is 7.40. The average Bonchev–Trinajstić information content (AvgIpc) is 2.90. The van der Waals surface area contributed by atoms with Crippen LogP contribution in [0.25, 0.3) is 0 Å². The molecular formula is C32H43ClSi. The minimum Gasteiger partial charge on any atom is -0.149 e. The van der Waals surface area contributed by atoms with Crippen molar-refractivity contribution in [1.29, 1.82) is 0 Å². The molecule has 0 aliphatic heterocycles. The van der Waals surface area contributed by atoms with E-state index in [1.54, 1.807) is 0 Å². The maximum absolute atomic E-state index is 7.54. The van der Waals surface area contributed by atoms with Crippen LogP contribution in [0, 0.1) is 0 Å². The monoisotopic (exact) mass is 490 g/mol. The average molecular weight is 491 g/mol. The minimum absolute atomic E-state index is 1.17. The van der Waals surface area contributed by atoms with E-state index in [2.05, 4.69) is 91.9 Å². The van der Waals surface area contributed by atoms with Crippen molar-refractivity contribution < 1.29 is 0 Å². The lowest BCUT2D eigenvalue weighted by atomic mass is 10.0. The van der Waals surface area contributed by atoms with Crippen LogP contribution in [0.4, 0.5) is 0 Å². The molecule has 3 aromatic rings. The van der Waals surface area contributed by atoms with Crippen molar-refractivity contribution in [2.75, 3.05) is 0 Å². The summed E-state index contributed by atoms with van der Waals surface area (Å²) in [5.74, 6) is 0. The Morgan fingerprint density at radius 2 is 0.853 bits per heavy atom. The van der Waals surface area contributed by atoms with Gasteiger partial charge in [0.25, 0.3) is 0 Å². The first kappa shape index (κ1) is 26.8. The first-order valence-electron chi connectivity index (χ1n) is 13.6. The molecule has 3 rings (SSSR count). The molecule has 0 aliphatic carbocycles. The van der Waals surface area contributed by atoms with E-state index in [4.69, 9.17) is 11.1 Å². The molecule has 0 spiro atoms. The maximum atomic E-state index is 7.54. The van der Waals surface area contributed by atoms with Gasteiger partial charge in [-0.05, 0) is 34.0 Å². The fraction of sp³-hybridized carbons (Fsp3) is 0.438. The number of halogens is 1. The lowest BCUT2D eigenvalue weighted by Crippen LogP contribution is -2.62. The van der Waals surface area contributed by atoms with Crippen LogP contribution in [0.3, 0.4) is 0 Å². The number of unbranched alkanes of at least 4 members (excludes halogenated alkanes) is 11. The highest BCUT2D eigenvalue weighted by Crippen LogP contribution is 2.15. The summed E-state index contributed by atoms with van der Waals surface area (Å²) in [6.07, 6.45) is 18.0. The van der Waals surface area contributed by atoms with E-state index >= 15 is 0 Å². The van der Waals surface area contributed by atoms with Gasteiger partial charge < -0.3 is 0 Å². The Morgan fingerprint density at radius 1 is 0.471 bits per heavy atom. The van der Waals surface area contributed by atoms with Crippen molar-refractivity contribution in [1.82, 2.24) is 0 Å². The SMILES string of the molecule is CCCCCCCCCCCCCCc1ccc([Si](Cl)(c2ccccc2)c2ccccc2)cc1. The normalized spacial score (nSPS) is 11.6. The van der Waals surface area contributed by atoms with Crippen molar-refractivity contribution in [2.24, 2.45) is 0 Å². The van der Waals surface area contributed by atoms with Gasteiger partial charge in [-0.1, -0.05) is 162 Å². The summed E-state index contributed by atoms with van der Waals surface area (Å²) in [7, 11) is -2.50. The summed E-state index contributed by atoms with van der Waals surface area (Å²) in [6, 6.07) is 30.5. The van der Waals surface area contributed by atoms with Crippen LogP contribution in [0.5, 0.6) is 0 Å². The standard InChI is InChI=1S/C32H43ClSi/c1-2-3-4-5-6-7-8-9-10-11-12-15-20-29-25-27-32(28-26-29)34(33,30-21-16-13-17-22-30)31-23-18-14-19-24-31/h13-14,16-19,21-28H,2-12,15,20H2,1H3. The summed E-state index contributed by atoms with van der Waals surface area (Å²) in [4.78, 5) is 0. The molecule has 0 amide bonds. The number of rotatable bonds is 16. The van der Waals surface area contributed by atoms with Gasteiger partial charge in [-0.25, -0.2) is 0 Å². The second-order valence-corrected chi connectivity index (χ2v) is 14.5. The molecule has 34 heavy (non-hydrogen) atoms. The van der Waals surface area contributed by atoms with Gasteiger partial charge in [0.05, 0.1) is 0 Å². The molecule has 0 bridgehead atoms. The van der Waals surface area contributed by atoms with E-state index in [9.17, 15) is 0 Å². The highest BCUT2D eigenvalue weighted by atomic mass is 35.6. The quantitative estimate of drug-likeness (QED) is 0.0822. The Balaban J connectivity index is 1.44. The van der Waals surface area contributed by atoms with Gasteiger partial charge >= 0.3 is 0 Å². The molecule has 3 aromatic carbocycles. The van der Waals surface area contributed by atoms with Crippen molar-refractivity contribution in [3.05, 3.63) is 90.5 Å².